The maximum absolute atomic E-state index is 10.3. The maximum Gasteiger partial charge on any atom is 0.692 e. The van der Waals surface area contributed by atoms with E-state index in [1.54, 1.807) is 0 Å². The molecule has 0 saturated carbocycles. The van der Waals surface area contributed by atoms with Crippen LogP contribution in [0, 0.1) is 0 Å². The molecule has 0 bridgehead atoms. The molecule has 0 spiro atoms. The van der Waals surface area contributed by atoms with E-state index in [1.807, 2.05) is 0 Å². The van der Waals surface area contributed by atoms with Gasteiger partial charge in [-0.15, -0.1) is 9.79 Å². The van der Waals surface area contributed by atoms with Gasteiger partial charge >= 0.3 is 20.2 Å². The van der Waals surface area contributed by atoms with Crippen LogP contribution in [0.25, 0.3) is 0 Å². The van der Waals surface area contributed by atoms with Crippen molar-refractivity contribution >= 4 is 20.2 Å². The first kappa shape index (κ1) is 46.9. The Morgan fingerprint density at radius 2 is 0.636 bits per heavy atom. The van der Waals surface area contributed by atoms with Crippen LogP contribution in [-0.4, -0.2) is 31.9 Å². The van der Waals surface area contributed by atoms with E-state index in [9.17, 15) is 9.59 Å². The molecule has 260 valence electrons. The third kappa shape index (κ3) is 59.8. The Balaban J connectivity index is -0.000000680. The minimum atomic E-state index is -2.87. The summed E-state index contributed by atoms with van der Waals surface area (Å²) in [7, 11) is -2.87. The first-order chi connectivity index (χ1) is 21.3. The third-order valence-electron chi connectivity index (χ3n) is 7.30. The van der Waals surface area contributed by atoms with Crippen LogP contribution in [0.1, 0.15) is 194 Å². The number of hydrogen-bond donors (Lipinski definition) is 4. The van der Waals surface area contributed by atoms with Crippen molar-refractivity contribution in [3.05, 3.63) is 24.3 Å². The summed E-state index contributed by atoms with van der Waals surface area (Å²) in [4.78, 5) is 34.9. The van der Waals surface area contributed by atoms with Crippen molar-refractivity contribution in [1.29, 1.82) is 0 Å². The largest absolute Gasteiger partial charge is 0.692 e. The molecule has 7 nitrogen and oxygen atoms in total. The Labute approximate surface area is 272 Å². The van der Waals surface area contributed by atoms with Crippen molar-refractivity contribution in [2.45, 2.75) is 194 Å². The van der Waals surface area contributed by atoms with E-state index in [2.05, 4.69) is 38.2 Å². The lowest BCUT2D eigenvalue weighted by Crippen LogP contribution is -1.93. The summed E-state index contributed by atoms with van der Waals surface area (Å²) in [6, 6.07) is 0. The lowest BCUT2D eigenvalue weighted by Gasteiger charge is -1.99. The van der Waals surface area contributed by atoms with Crippen molar-refractivity contribution in [2.75, 3.05) is 0 Å². The third-order valence-corrected chi connectivity index (χ3v) is 7.30. The van der Waals surface area contributed by atoms with Crippen LogP contribution in [0.4, 0.5) is 0 Å². The molecule has 44 heavy (non-hydrogen) atoms. The van der Waals surface area contributed by atoms with Crippen molar-refractivity contribution in [3.63, 3.8) is 0 Å². The number of hydrogen-bond acceptors (Lipinski definition) is 3. The van der Waals surface area contributed by atoms with Gasteiger partial charge in [0.1, 0.15) is 0 Å². The first-order valence-electron chi connectivity index (χ1n) is 17.9. The second-order valence-corrected chi connectivity index (χ2v) is 12.2. The summed E-state index contributed by atoms with van der Waals surface area (Å²) in [6.45, 7) is 4.52. The molecule has 0 fully saturated rings. The standard InChI is InChI=1S/2C18H34O2.HO3P/c2*1-2-3-4-5-6-7-8-9-10-11-12-13-14-15-16-17-18(19)20;1-4(2)3/h2*9-10H,2-8,11-17H2,1H3,(H,19,20);(H-,1,2,3)/p+1/b2*10-9-;. The Hall–Kier alpha value is -1.56. The highest BCUT2D eigenvalue weighted by molar-refractivity contribution is 7.30. The molecule has 0 radical (unpaired) electrons. The highest BCUT2D eigenvalue weighted by atomic mass is 31.1. The first-order valence-corrected chi connectivity index (χ1v) is 19.0. The normalized spacial score (nSPS) is 10.8. The van der Waals surface area contributed by atoms with Crippen molar-refractivity contribution in [1.82, 2.24) is 0 Å². The van der Waals surface area contributed by atoms with E-state index in [4.69, 9.17) is 24.6 Å². The van der Waals surface area contributed by atoms with Crippen molar-refractivity contribution in [2.24, 2.45) is 0 Å². The summed E-state index contributed by atoms with van der Waals surface area (Å²) >= 11 is 0. The zero-order valence-corrected chi connectivity index (χ0v) is 29.5. The molecule has 0 aromatic rings. The quantitative estimate of drug-likeness (QED) is 0.0347. The van der Waals surface area contributed by atoms with Gasteiger partial charge in [-0.1, -0.05) is 141 Å². The number of allylic oxidation sites excluding steroid dienone is 4. The van der Waals surface area contributed by atoms with Gasteiger partial charge in [-0.2, -0.15) is 0 Å². The summed E-state index contributed by atoms with van der Waals surface area (Å²) in [6.07, 6.45) is 42.5. The van der Waals surface area contributed by atoms with Gasteiger partial charge in [0.2, 0.25) is 0 Å². The Morgan fingerprint density at radius 1 is 0.432 bits per heavy atom. The Morgan fingerprint density at radius 3 is 0.864 bits per heavy atom. The van der Waals surface area contributed by atoms with Crippen LogP contribution in [0.15, 0.2) is 24.3 Å². The van der Waals surface area contributed by atoms with Crippen LogP contribution >= 0.6 is 8.25 Å². The summed E-state index contributed by atoms with van der Waals surface area (Å²) < 4.78 is 8.70. The lowest BCUT2D eigenvalue weighted by atomic mass is 10.1. The molecule has 0 aliphatic rings. The highest BCUT2D eigenvalue weighted by Gasteiger charge is 1.97. The molecule has 8 heteroatoms. The molecule has 0 saturated heterocycles. The van der Waals surface area contributed by atoms with Crippen molar-refractivity contribution < 1.29 is 34.2 Å². The van der Waals surface area contributed by atoms with Gasteiger partial charge in [0.25, 0.3) is 0 Å². The van der Waals surface area contributed by atoms with Crippen LogP contribution in [0.3, 0.4) is 0 Å². The molecule has 0 heterocycles. The SMILES string of the molecule is CCCCCCCC/C=C\CCCCCCCC(=O)O.CCCCCCCC/C=C\CCCCCCCC(=O)O.O=[P+](O)O. The van der Waals surface area contributed by atoms with E-state index in [0.717, 1.165) is 25.7 Å². The van der Waals surface area contributed by atoms with Crippen LogP contribution in [-0.2, 0) is 14.2 Å². The molecule has 0 amide bonds. The average Bonchev–Trinajstić information content (AvgIpc) is 2.97. The number of rotatable bonds is 30. The predicted molar refractivity (Wildman–Crippen MR) is 186 cm³/mol. The number of carboxylic acids is 2. The number of carboxylic acid groups (broad SMARTS) is 2. The van der Waals surface area contributed by atoms with E-state index in [0.29, 0.717) is 12.8 Å². The number of unbranched alkanes of at least 4 members (excludes halogenated alkanes) is 22. The topological polar surface area (TPSA) is 132 Å². The molecule has 0 unspecified atom stereocenters. The van der Waals surface area contributed by atoms with Crippen LogP contribution < -0.4 is 0 Å². The van der Waals surface area contributed by atoms with E-state index in [1.165, 1.54) is 141 Å². The average molecular weight is 646 g/mol. The minimum absolute atomic E-state index is 0.332. The number of carbonyl (C=O) groups is 2. The molecule has 4 N–H and O–H groups in total. The molecule has 0 atom stereocenters. The fourth-order valence-corrected chi connectivity index (χ4v) is 4.69. The smallest absolute Gasteiger partial charge is 0.481 e. The monoisotopic (exact) mass is 645 g/mol. The molecular weight excluding hydrogens is 575 g/mol. The van der Waals surface area contributed by atoms with Crippen molar-refractivity contribution in [3.8, 4) is 0 Å². The maximum atomic E-state index is 10.3. The summed E-state index contributed by atoms with van der Waals surface area (Å²) in [5, 5.41) is 17.0. The lowest BCUT2D eigenvalue weighted by molar-refractivity contribution is -0.138. The van der Waals surface area contributed by atoms with E-state index < -0.39 is 20.2 Å². The predicted octanol–water partition coefficient (Wildman–Crippen LogP) is 11.8. The second-order valence-electron chi connectivity index (χ2n) is 11.7. The van der Waals surface area contributed by atoms with E-state index in [-0.39, 0.29) is 0 Å². The summed E-state index contributed by atoms with van der Waals surface area (Å²) in [5.41, 5.74) is 0. The van der Waals surface area contributed by atoms with Gasteiger partial charge in [0, 0.05) is 17.4 Å². The molecular formula is C36H70O7P+. The van der Waals surface area contributed by atoms with E-state index >= 15 is 0 Å². The zero-order chi connectivity index (χ0) is 33.4. The van der Waals surface area contributed by atoms with Gasteiger partial charge in [0.15, 0.2) is 0 Å². The number of aliphatic carboxylic acids is 2. The van der Waals surface area contributed by atoms with Gasteiger partial charge in [-0.3, -0.25) is 9.59 Å². The summed E-state index contributed by atoms with van der Waals surface area (Å²) in [5.74, 6) is -1.33. The molecule has 0 aromatic carbocycles. The highest BCUT2D eigenvalue weighted by Crippen LogP contribution is 2.11. The molecule has 0 aromatic heterocycles. The second kappa shape index (κ2) is 43.6. The fraction of sp³-hybridized carbons (Fsp3) is 0.833. The molecule has 0 aliphatic carbocycles. The van der Waals surface area contributed by atoms with Gasteiger partial charge in [-0.05, 0) is 64.2 Å². The molecule has 0 rings (SSSR count). The fourth-order valence-electron chi connectivity index (χ4n) is 4.69. The minimum Gasteiger partial charge on any atom is -0.481 e. The molecule has 0 aliphatic heterocycles. The van der Waals surface area contributed by atoms with Crippen LogP contribution in [0.2, 0.25) is 0 Å². The Kier molecular flexibility index (Phi) is 46.4. The zero-order valence-electron chi connectivity index (χ0n) is 28.6. The van der Waals surface area contributed by atoms with Crippen LogP contribution in [0.5, 0.6) is 0 Å². The Bertz CT molecular complexity index is 611. The van der Waals surface area contributed by atoms with Gasteiger partial charge < -0.3 is 10.2 Å². The van der Waals surface area contributed by atoms with Gasteiger partial charge in [0.05, 0.1) is 0 Å². The van der Waals surface area contributed by atoms with Gasteiger partial charge in [-0.25, -0.2) is 0 Å².